The van der Waals surface area contributed by atoms with Crippen molar-refractivity contribution in [1.29, 1.82) is 0 Å². The molecule has 0 spiro atoms. The molecule has 156 valence electrons. The highest BCUT2D eigenvalue weighted by atomic mass is 32.1. The van der Waals surface area contributed by atoms with Crippen LogP contribution in [0.25, 0.3) is 0 Å². The van der Waals surface area contributed by atoms with Gasteiger partial charge in [-0.2, -0.15) is 25.3 Å². The number of unbranched alkanes of at least 4 members (excludes halogenated alkanes) is 6. The van der Waals surface area contributed by atoms with Crippen molar-refractivity contribution in [2.24, 2.45) is 5.92 Å². The van der Waals surface area contributed by atoms with Crippen LogP contribution >= 0.6 is 25.3 Å². The fraction of sp³-hybridized carbons (Fsp3) is 0.900. The summed E-state index contributed by atoms with van der Waals surface area (Å²) in [4.78, 5) is 21.5. The Labute approximate surface area is 172 Å². The molecule has 6 heteroatoms. The van der Waals surface area contributed by atoms with Crippen molar-refractivity contribution in [2.45, 2.75) is 85.0 Å². The van der Waals surface area contributed by atoms with Gasteiger partial charge in [0.2, 0.25) is 0 Å². The second-order valence-corrected chi connectivity index (χ2v) is 7.04. The van der Waals surface area contributed by atoms with E-state index in [1.807, 2.05) is 0 Å². The second kappa shape index (κ2) is 22.7. The Morgan fingerprint density at radius 1 is 0.769 bits per heavy atom. The minimum Gasteiger partial charge on any atom is -0.465 e. The molecule has 0 N–H and O–H groups in total. The Bertz CT molecular complexity index is 325. The molecule has 0 saturated heterocycles. The summed E-state index contributed by atoms with van der Waals surface area (Å²) in [5.74, 6) is 0.485. The highest BCUT2D eigenvalue weighted by Crippen LogP contribution is 2.12. The van der Waals surface area contributed by atoms with Crippen LogP contribution in [0.5, 0.6) is 0 Å². The van der Waals surface area contributed by atoms with Crippen molar-refractivity contribution < 1.29 is 19.1 Å². The molecule has 0 bridgehead atoms. The summed E-state index contributed by atoms with van der Waals surface area (Å²) < 4.78 is 9.91. The molecule has 0 radical (unpaired) electrons. The van der Waals surface area contributed by atoms with Crippen LogP contribution < -0.4 is 0 Å². The number of ether oxygens (including phenoxy) is 2. The summed E-state index contributed by atoms with van der Waals surface area (Å²) in [7, 11) is 0. The van der Waals surface area contributed by atoms with E-state index in [1.165, 1.54) is 44.9 Å². The van der Waals surface area contributed by atoms with Crippen molar-refractivity contribution in [3.05, 3.63) is 0 Å². The second-order valence-electron chi connectivity index (χ2n) is 6.40. The Morgan fingerprint density at radius 3 is 1.85 bits per heavy atom. The Morgan fingerprint density at radius 2 is 1.31 bits per heavy atom. The molecular formula is C20H40O4S2. The predicted octanol–water partition coefficient (Wildman–Crippen LogP) is 5.50. The van der Waals surface area contributed by atoms with Crippen LogP contribution in [-0.2, 0) is 19.1 Å². The molecule has 0 aromatic heterocycles. The quantitative estimate of drug-likeness (QED) is 0.213. The minimum atomic E-state index is -0.211. The lowest BCUT2D eigenvalue weighted by Gasteiger charge is -2.13. The minimum absolute atomic E-state index is 0.185. The van der Waals surface area contributed by atoms with E-state index in [0.29, 0.717) is 19.1 Å². The van der Waals surface area contributed by atoms with Crippen LogP contribution in [0.1, 0.15) is 85.0 Å². The van der Waals surface area contributed by atoms with E-state index in [2.05, 4.69) is 46.0 Å². The summed E-state index contributed by atoms with van der Waals surface area (Å²) in [5, 5.41) is 0. The molecule has 0 aliphatic carbocycles. The molecule has 1 atom stereocenters. The first-order valence-electron chi connectivity index (χ1n) is 10.1. The molecular weight excluding hydrogens is 368 g/mol. The van der Waals surface area contributed by atoms with Crippen LogP contribution in [0, 0.1) is 5.92 Å². The van der Waals surface area contributed by atoms with E-state index in [1.54, 1.807) is 0 Å². The first-order chi connectivity index (χ1) is 12.5. The van der Waals surface area contributed by atoms with Crippen molar-refractivity contribution in [3.63, 3.8) is 0 Å². The van der Waals surface area contributed by atoms with E-state index >= 15 is 0 Å². The van der Waals surface area contributed by atoms with Crippen LogP contribution in [-0.4, -0.2) is 36.7 Å². The Kier molecular flexibility index (Phi) is 24.3. The Hall–Kier alpha value is -0.360. The SMILES string of the molecule is CCCCC(CC)COC(=O)CS.CCCCCCCCOC(=O)CS. The van der Waals surface area contributed by atoms with Gasteiger partial charge in [0.25, 0.3) is 0 Å². The van der Waals surface area contributed by atoms with Crippen molar-refractivity contribution in [3.8, 4) is 0 Å². The molecule has 0 aromatic carbocycles. The summed E-state index contributed by atoms with van der Waals surface area (Å²) in [6, 6.07) is 0. The van der Waals surface area contributed by atoms with Gasteiger partial charge in [-0.25, -0.2) is 0 Å². The largest absolute Gasteiger partial charge is 0.465 e. The van der Waals surface area contributed by atoms with Gasteiger partial charge in [0.15, 0.2) is 0 Å². The Balaban J connectivity index is 0. The van der Waals surface area contributed by atoms with E-state index in [-0.39, 0.29) is 23.4 Å². The molecule has 0 aliphatic rings. The summed E-state index contributed by atoms with van der Waals surface area (Å²) >= 11 is 7.66. The van der Waals surface area contributed by atoms with E-state index < -0.39 is 0 Å². The first-order valence-corrected chi connectivity index (χ1v) is 11.3. The van der Waals surface area contributed by atoms with Gasteiger partial charge in [-0.05, 0) is 18.8 Å². The molecule has 0 rings (SSSR count). The van der Waals surface area contributed by atoms with Gasteiger partial charge in [0.1, 0.15) is 0 Å². The zero-order chi connectivity index (χ0) is 20.0. The number of carbonyl (C=O) groups excluding carboxylic acids is 2. The average Bonchev–Trinajstić information content (AvgIpc) is 2.67. The lowest BCUT2D eigenvalue weighted by molar-refractivity contribution is -0.142. The summed E-state index contributed by atoms with van der Waals surface area (Å²) in [5.41, 5.74) is 0. The summed E-state index contributed by atoms with van der Waals surface area (Å²) in [6.45, 7) is 7.64. The molecule has 0 saturated carbocycles. The maximum Gasteiger partial charge on any atom is 0.315 e. The third-order valence-corrected chi connectivity index (χ3v) is 4.56. The fourth-order valence-corrected chi connectivity index (χ4v) is 2.45. The maximum atomic E-state index is 10.8. The van der Waals surface area contributed by atoms with Crippen LogP contribution in [0.15, 0.2) is 0 Å². The molecule has 0 fully saturated rings. The number of rotatable bonds is 15. The number of carbonyl (C=O) groups is 2. The van der Waals surface area contributed by atoms with Crippen LogP contribution in [0.3, 0.4) is 0 Å². The fourth-order valence-electron chi connectivity index (χ4n) is 2.27. The topological polar surface area (TPSA) is 52.6 Å². The standard InChI is InChI=1S/2C10H20O2S/c1-3-5-6-9(4-2)7-12-10(11)8-13;1-2-3-4-5-6-7-8-12-10(11)9-13/h9,13H,3-8H2,1-2H3;13H,2-9H2,1H3. The molecule has 0 amide bonds. The van der Waals surface area contributed by atoms with Gasteiger partial charge >= 0.3 is 11.9 Å². The molecule has 0 aromatic rings. The van der Waals surface area contributed by atoms with Crippen LogP contribution in [0.2, 0.25) is 0 Å². The molecule has 0 aliphatic heterocycles. The number of thiol groups is 2. The van der Waals surface area contributed by atoms with Crippen LogP contribution in [0.4, 0.5) is 0 Å². The predicted molar refractivity (Wildman–Crippen MR) is 116 cm³/mol. The van der Waals surface area contributed by atoms with E-state index in [0.717, 1.165) is 19.3 Å². The zero-order valence-corrected chi connectivity index (χ0v) is 18.8. The monoisotopic (exact) mass is 408 g/mol. The first kappa shape index (κ1) is 27.9. The van der Waals surface area contributed by atoms with Crippen molar-refractivity contribution in [1.82, 2.24) is 0 Å². The lowest BCUT2D eigenvalue weighted by Crippen LogP contribution is -2.14. The van der Waals surface area contributed by atoms with Gasteiger partial charge in [-0.3, -0.25) is 9.59 Å². The molecule has 0 heterocycles. The molecule has 26 heavy (non-hydrogen) atoms. The lowest BCUT2D eigenvalue weighted by atomic mass is 10.0. The molecule has 4 nitrogen and oxygen atoms in total. The highest BCUT2D eigenvalue weighted by molar-refractivity contribution is 7.81. The maximum absolute atomic E-state index is 10.8. The normalized spacial score (nSPS) is 11.3. The number of hydrogen-bond acceptors (Lipinski definition) is 6. The number of esters is 2. The van der Waals surface area contributed by atoms with Gasteiger partial charge in [-0.1, -0.05) is 72.1 Å². The number of hydrogen-bond donors (Lipinski definition) is 2. The van der Waals surface area contributed by atoms with Crippen molar-refractivity contribution in [2.75, 3.05) is 24.7 Å². The molecule has 1 unspecified atom stereocenters. The highest BCUT2D eigenvalue weighted by Gasteiger charge is 2.08. The van der Waals surface area contributed by atoms with Gasteiger partial charge in [0.05, 0.1) is 24.7 Å². The van der Waals surface area contributed by atoms with Gasteiger partial charge in [-0.15, -0.1) is 0 Å². The van der Waals surface area contributed by atoms with E-state index in [9.17, 15) is 9.59 Å². The van der Waals surface area contributed by atoms with Gasteiger partial charge in [0, 0.05) is 0 Å². The average molecular weight is 409 g/mol. The third kappa shape index (κ3) is 21.7. The zero-order valence-electron chi connectivity index (χ0n) is 17.0. The smallest absolute Gasteiger partial charge is 0.315 e. The van der Waals surface area contributed by atoms with E-state index in [4.69, 9.17) is 9.47 Å². The summed E-state index contributed by atoms with van der Waals surface area (Å²) in [6.07, 6.45) is 12.0. The van der Waals surface area contributed by atoms with Crippen molar-refractivity contribution >= 4 is 37.2 Å². The third-order valence-electron chi connectivity index (χ3n) is 4.04. The van der Waals surface area contributed by atoms with Gasteiger partial charge < -0.3 is 9.47 Å².